The Morgan fingerprint density at radius 2 is 0.662 bits per heavy atom. The minimum Gasteiger partial charge on any atom is -0.462 e. The van der Waals surface area contributed by atoms with Crippen LogP contribution in [0.15, 0.2) is 97.2 Å². The molecule has 0 aliphatic rings. The lowest BCUT2D eigenvalue weighted by molar-refractivity contribution is -0.162. The normalized spacial score (nSPS) is 12.9. The van der Waals surface area contributed by atoms with E-state index in [-0.39, 0.29) is 25.2 Å². The molecule has 390 valence electrons. The number of esters is 2. The molecule has 0 spiro atoms. The van der Waals surface area contributed by atoms with Crippen molar-refractivity contribution in [3.05, 3.63) is 97.2 Å². The van der Waals surface area contributed by atoms with Crippen molar-refractivity contribution in [3.63, 3.8) is 0 Å². The molecule has 0 saturated carbocycles. The second-order valence-corrected chi connectivity index (χ2v) is 18.8. The van der Waals surface area contributed by atoms with Crippen molar-refractivity contribution in [2.24, 2.45) is 0 Å². The fourth-order valence-corrected chi connectivity index (χ4v) is 7.94. The van der Waals surface area contributed by atoms with Crippen LogP contribution in [-0.2, 0) is 23.8 Å². The Hall–Kier alpha value is -3.18. The standard InChI is InChI=1S/C63H108O5/c1-4-7-10-13-16-19-22-25-28-31-32-34-35-38-41-44-47-50-53-56-62(64)67-60-61(59-66-58-55-52-49-46-43-40-37-30-27-24-21-18-15-12-9-6-3)68-63(65)57-54-51-48-45-42-39-36-33-29-26-23-20-17-14-11-8-5-2/h8-9,11-12,17-18,20-21,26-27,29-30,40,43,49,52,61H,4-7,10,13-16,19,22-25,28,31-39,41-42,44-48,50-51,53-60H2,1-3H3/b11-8-,12-9-,20-17-,21-18-,29-26-,30-27-,43-40-,52-49-. The molecule has 0 heterocycles. The molecular formula is C63H108O5. The van der Waals surface area contributed by atoms with Crippen molar-refractivity contribution in [2.45, 2.75) is 271 Å². The van der Waals surface area contributed by atoms with Crippen LogP contribution in [0.5, 0.6) is 0 Å². The molecule has 5 heteroatoms. The van der Waals surface area contributed by atoms with Gasteiger partial charge in [0, 0.05) is 12.8 Å². The van der Waals surface area contributed by atoms with Crippen LogP contribution in [0.4, 0.5) is 0 Å². The first-order valence-electron chi connectivity index (χ1n) is 28.8. The van der Waals surface area contributed by atoms with E-state index in [4.69, 9.17) is 14.2 Å². The van der Waals surface area contributed by atoms with Crippen LogP contribution in [0.3, 0.4) is 0 Å². The van der Waals surface area contributed by atoms with Gasteiger partial charge in [-0.3, -0.25) is 9.59 Å². The average Bonchev–Trinajstić information content (AvgIpc) is 3.34. The van der Waals surface area contributed by atoms with Gasteiger partial charge in [0.25, 0.3) is 0 Å². The molecule has 0 radical (unpaired) electrons. The Labute approximate surface area is 422 Å². The van der Waals surface area contributed by atoms with Gasteiger partial charge >= 0.3 is 11.9 Å². The van der Waals surface area contributed by atoms with Crippen LogP contribution >= 0.6 is 0 Å². The highest BCUT2D eigenvalue weighted by Crippen LogP contribution is 2.16. The molecule has 0 aromatic rings. The minimum atomic E-state index is -0.585. The van der Waals surface area contributed by atoms with Gasteiger partial charge < -0.3 is 14.2 Å². The van der Waals surface area contributed by atoms with E-state index >= 15 is 0 Å². The summed E-state index contributed by atoms with van der Waals surface area (Å²) < 4.78 is 17.4. The van der Waals surface area contributed by atoms with Crippen LogP contribution < -0.4 is 0 Å². The van der Waals surface area contributed by atoms with Crippen LogP contribution in [0.25, 0.3) is 0 Å². The number of rotatable bonds is 52. The Morgan fingerprint density at radius 3 is 1.06 bits per heavy atom. The summed E-state index contributed by atoms with van der Waals surface area (Å²) in [5.41, 5.74) is 0. The number of unbranched alkanes of at least 4 members (excludes halogenated alkanes) is 25. The van der Waals surface area contributed by atoms with Gasteiger partial charge in [0.2, 0.25) is 0 Å². The van der Waals surface area contributed by atoms with E-state index < -0.39 is 6.10 Å². The van der Waals surface area contributed by atoms with E-state index in [0.29, 0.717) is 19.4 Å². The zero-order chi connectivity index (χ0) is 49.2. The van der Waals surface area contributed by atoms with Crippen LogP contribution in [0.1, 0.15) is 265 Å². The van der Waals surface area contributed by atoms with E-state index in [1.165, 1.54) is 135 Å². The molecule has 1 unspecified atom stereocenters. The fourth-order valence-electron chi connectivity index (χ4n) is 7.94. The second-order valence-electron chi connectivity index (χ2n) is 18.8. The van der Waals surface area contributed by atoms with Gasteiger partial charge in [-0.2, -0.15) is 0 Å². The Bertz CT molecular complexity index is 1300. The maximum absolute atomic E-state index is 12.9. The number of ether oxygens (including phenoxy) is 3. The molecule has 0 aromatic carbocycles. The summed E-state index contributed by atoms with van der Waals surface area (Å²) >= 11 is 0. The fraction of sp³-hybridized carbons (Fsp3) is 0.714. The van der Waals surface area contributed by atoms with Crippen LogP contribution in [0.2, 0.25) is 0 Å². The second kappa shape index (κ2) is 58.1. The zero-order valence-corrected chi connectivity index (χ0v) is 44.8. The molecule has 0 bridgehead atoms. The average molecular weight is 946 g/mol. The Kier molecular flexibility index (Phi) is 55.4. The van der Waals surface area contributed by atoms with E-state index in [0.717, 1.165) is 96.3 Å². The Morgan fingerprint density at radius 1 is 0.338 bits per heavy atom. The Balaban J connectivity index is 4.36. The lowest BCUT2D eigenvalue weighted by Gasteiger charge is -2.18. The molecule has 0 rings (SSSR count). The molecule has 0 saturated heterocycles. The molecule has 0 aliphatic carbocycles. The first kappa shape index (κ1) is 64.8. The highest BCUT2D eigenvalue weighted by Gasteiger charge is 2.17. The van der Waals surface area contributed by atoms with Crippen LogP contribution in [-0.4, -0.2) is 37.9 Å². The molecule has 0 aromatic heterocycles. The van der Waals surface area contributed by atoms with Gasteiger partial charge in [-0.15, -0.1) is 0 Å². The van der Waals surface area contributed by atoms with Crippen molar-refractivity contribution < 1.29 is 23.8 Å². The quantitative estimate of drug-likeness (QED) is 0.0345. The number of hydrogen-bond acceptors (Lipinski definition) is 5. The predicted molar refractivity (Wildman–Crippen MR) is 297 cm³/mol. The van der Waals surface area contributed by atoms with Gasteiger partial charge in [0.1, 0.15) is 6.61 Å². The summed E-state index contributed by atoms with van der Waals surface area (Å²) in [5.74, 6) is -0.443. The SMILES string of the molecule is CC/C=C\C/C=C\C/C=C\C/C=C\C/C=C\CCOCC(COC(=O)CCCCCCCCCCCCCCCCCCCCC)OC(=O)CCCCCCCCC/C=C\C/C=C\C/C=C\CC. The number of allylic oxidation sites excluding steroid dienone is 15. The maximum Gasteiger partial charge on any atom is 0.306 e. The predicted octanol–water partition coefficient (Wildman–Crippen LogP) is 19.8. The highest BCUT2D eigenvalue weighted by atomic mass is 16.6. The van der Waals surface area contributed by atoms with Crippen LogP contribution in [0, 0.1) is 0 Å². The topological polar surface area (TPSA) is 61.8 Å². The highest BCUT2D eigenvalue weighted by molar-refractivity contribution is 5.70. The molecule has 0 N–H and O–H groups in total. The van der Waals surface area contributed by atoms with Gasteiger partial charge in [-0.1, -0.05) is 266 Å². The van der Waals surface area contributed by atoms with Gasteiger partial charge in [-0.25, -0.2) is 0 Å². The molecule has 5 nitrogen and oxygen atoms in total. The summed E-state index contributed by atoms with van der Waals surface area (Å²) in [7, 11) is 0. The summed E-state index contributed by atoms with van der Waals surface area (Å²) in [6.45, 7) is 7.41. The first-order chi connectivity index (χ1) is 33.6. The van der Waals surface area contributed by atoms with Crippen molar-refractivity contribution in [2.75, 3.05) is 19.8 Å². The number of carbonyl (C=O) groups excluding carboxylic acids is 2. The number of hydrogen-bond donors (Lipinski definition) is 0. The lowest BCUT2D eigenvalue weighted by atomic mass is 10.0. The van der Waals surface area contributed by atoms with Crippen molar-refractivity contribution >= 4 is 11.9 Å². The lowest BCUT2D eigenvalue weighted by Crippen LogP contribution is -2.30. The van der Waals surface area contributed by atoms with Gasteiger partial charge in [-0.05, 0) is 83.5 Å². The largest absolute Gasteiger partial charge is 0.462 e. The minimum absolute atomic E-state index is 0.0495. The van der Waals surface area contributed by atoms with E-state index in [1.54, 1.807) is 0 Å². The molecule has 0 amide bonds. The monoisotopic (exact) mass is 945 g/mol. The summed E-state index contributed by atoms with van der Waals surface area (Å²) in [4.78, 5) is 25.5. The van der Waals surface area contributed by atoms with Crippen molar-refractivity contribution in [3.8, 4) is 0 Å². The maximum atomic E-state index is 12.9. The van der Waals surface area contributed by atoms with E-state index in [2.05, 4.69) is 118 Å². The summed E-state index contributed by atoms with van der Waals surface area (Å²) in [6.07, 6.45) is 78.8. The molecule has 68 heavy (non-hydrogen) atoms. The third-order valence-electron chi connectivity index (χ3n) is 12.1. The molecule has 1 atom stereocenters. The van der Waals surface area contributed by atoms with Gasteiger partial charge in [0.05, 0.1) is 13.2 Å². The van der Waals surface area contributed by atoms with Crippen molar-refractivity contribution in [1.82, 2.24) is 0 Å². The van der Waals surface area contributed by atoms with Gasteiger partial charge in [0.15, 0.2) is 6.10 Å². The molecule has 0 fully saturated rings. The van der Waals surface area contributed by atoms with E-state index in [1.807, 2.05) is 0 Å². The first-order valence-corrected chi connectivity index (χ1v) is 28.8. The summed E-state index contributed by atoms with van der Waals surface area (Å²) in [5, 5.41) is 0. The number of carbonyl (C=O) groups is 2. The molecular weight excluding hydrogens is 837 g/mol. The third-order valence-corrected chi connectivity index (χ3v) is 12.1. The van der Waals surface area contributed by atoms with Crippen molar-refractivity contribution in [1.29, 1.82) is 0 Å². The summed E-state index contributed by atoms with van der Waals surface area (Å²) in [6, 6.07) is 0. The zero-order valence-electron chi connectivity index (χ0n) is 44.8. The molecule has 0 aliphatic heterocycles. The smallest absolute Gasteiger partial charge is 0.306 e. The third kappa shape index (κ3) is 55.4. The van der Waals surface area contributed by atoms with E-state index in [9.17, 15) is 9.59 Å².